The molecule has 6 rings (SSSR count). The zero-order valence-corrected chi connectivity index (χ0v) is 19.6. The average molecular weight is 474 g/mol. The molecule has 0 radical (unpaired) electrons. The lowest BCUT2D eigenvalue weighted by molar-refractivity contribution is 0.0234. The largest absolute Gasteiger partial charge is 0.492 e. The van der Waals surface area contributed by atoms with Crippen molar-refractivity contribution in [2.24, 2.45) is 0 Å². The van der Waals surface area contributed by atoms with E-state index in [1.54, 1.807) is 38.9 Å². The predicted molar refractivity (Wildman–Crippen MR) is 128 cm³/mol. The molecule has 1 aromatic carbocycles. The van der Waals surface area contributed by atoms with E-state index in [0.717, 1.165) is 41.9 Å². The second-order valence-electron chi connectivity index (χ2n) is 8.70. The van der Waals surface area contributed by atoms with Crippen LogP contribution in [0.5, 0.6) is 5.75 Å². The maximum atomic E-state index is 15.2. The Morgan fingerprint density at radius 1 is 1.03 bits per heavy atom. The minimum atomic E-state index is -0.365. The Morgan fingerprint density at radius 3 is 2.66 bits per heavy atom. The summed E-state index contributed by atoms with van der Waals surface area (Å²) in [7, 11) is 3.29. The summed E-state index contributed by atoms with van der Waals surface area (Å²) in [6, 6.07) is 6.81. The molecule has 1 fully saturated rings. The van der Waals surface area contributed by atoms with Gasteiger partial charge in [-0.15, -0.1) is 15.3 Å². The van der Waals surface area contributed by atoms with Gasteiger partial charge in [0.25, 0.3) is 0 Å². The molecule has 4 aromatic heterocycles. The van der Waals surface area contributed by atoms with Gasteiger partial charge >= 0.3 is 0 Å². The van der Waals surface area contributed by atoms with E-state index >= 15 is 4.39 Å². The van der Waals surface area contributed by atoms with Gasteiger partial charge in [-0.2, -0.15) is 5.10 Å². The number of aromatic nitrogens is 7. The van der Waals surface area contributed by atoms with Crippen LogP contribution in [0.25, 0.3) is 39.1 Å². The number of halogens is 1. The first kappa shape index (κ1) is 21.6. The second kappa shape index (κ2) is 8.38. The van der Waals surface area contributed by atoms with Crippen LogP contribution in [0.2, 0.25) is 0 Å². The maximum absolute atomic E-state index is 15.2. The molecule has 178 valence electrons. The number of rotatable bonds is 6. The van der Waals surface area contributed by atoms with Crippen molar-refractivity contribution in [3.8, 4) is 28.0 Å². The summed E-state index contributed by atoms with van der Waals surface area (Å²) in [5, 5.41) is 17.2. The highest BCUT2D eigenvalue weighted by Crippen LogP contribution is 2.41. The van der Waals surface area contributed by atoms with Crippen molar-refractivity contribution >= 4 is 16.8 Å². The molecule has 0 aliphatic heterocycles. The number of ether oxygens (including phenoxy) is 2. The van der Waals surface area contributed by atoms with Crippen LogP contribution < -0.4 is 4.74 Å². The molecule has 1 aliphatic carbocycles. The van der Waals surface area contributed by atoms with Crippen molar-refractivity contribution in [3.63, 3.8) is 0 Å². The summed E-state index contributed by atoms with van der Waals surface area (Å²) in [6.45, 7) is 2.75. The Labute approximate surface area is 200 Å². The third-order valence-corrected chi connectivity index (χ3v) is 6.87. The number of nitrogens with zero attached hydrogens (tertiary/aromatic N) is 7. The molecule has 10 heteroatoms. The van der Waals surface area contributed by atoms with E-state index in [4.69, 9.17) is 9.47 Å². The molecule has 0 spiro atoms. The molecule has 0 atom stereocenters. The first-order chi connectivity index (χ1) is 17.1. The van der Waals surface area contributed by atoms with Gasteiger partial charge in [0.15, 0.2) is 11.4 Å². The van der Waals surface area contributed by atoms with Crippen LogP contribution in [0.4, 0.5) is 4.39 Å². The number of hydrogen-bond donors (Lipinski definition) is 0. The monoisotopic (exact) mass is 473 g/mol. The van der Waals surface area contributed by atoms with Gasteiger partial charge in [0.05, 0.1) is 25.7 Å². The minimum absolute atomic E-state index is 0.253. The van der Waals surface area contributed by atoms with Gasteiger partial charge in [-0.1, -0.05) is 6.07 Å². The molecule has 0 saturated heterocycles. The van der Waals surface area contributed by atoms with E-state index in [9.17, 15) is 0 Å². The summed E-state index contributed by atoms with van der Waals surface area (Å²) in [4.78, 5) is 4.52. The van der Waals surface area contributed by atoms with E-state index < -0.39 is 0 Å². The summed E-state index contributed by atoms with van der Waals surface area (Å²) in [5.74, 6) is 1.24. The topological polar surface area (TPSA) is 92.2 Å². The molecular weight excluding hydrogens is 449 g/mol. The van der Waals surface area contributed by atoms with E-state index in [1.807, 2.05) is 28.2 Å². The highest BCUT2D eigenvalue weighted by atomic mass is 19.1. The summed E-state index contributed by atoms with van der Waals surface area (Å²) in [5.41, 5.74) is 4.53. The normalized spacial score (nSPS) is 17.7. The van der Waals surface area contributed by atoms with E-state index in [1.165, 1.54) is 6.07 Å². The Morgan fingerprint density at radius 2 is 1.89 bits per heavy atom. The zero-order chi connectivity index (χ0) is 24.1. The van der Waals surface area contributed by atoms with Crippen LogP contribution in [0, 0.1) is 5.82 Å². The number of fused-ring (bicyclic) bond motifs is 2. The Hall–Kier alpha value is -3.92. The Kier molecular flexibility index (Phi) is 5.18. The fraction of sp³-hybridized carbons (Fsp3) is 0.320. The van der Waals surface area contributed by atoms with Gasteiger partial charge in [0.2, 0.25) is 5.65 Å². The average Bonchev–Trinajstić information content (AvgIpc) is 3.47. The van der Waals surface area contributed by atoms with Gasteiger partial charge < -0.3 is 14.0 Å². The van der Waals surface area contributed by atoms with Crippen LogP contribution in [0.1, 0.15) is 31.5 Å². The first-order valence-corrected chi connectivity index (χ1v) is 11.5. The van der Waals surface area contributed by atoms with Gasteiger partial charge in [-0.25, -0.2) is 9.37 Å². The lowest BCUT2D eigenvalue weighted by atomic mass is 9.81. The molecule has 0 amide bonds. The highest BCUT2D eigenvalue weighted by Gasteiger charge is 2.34. The maximum Gasteiger partial charge on any atom is 0.203 e. The van der Waals surface area contributed by atoms with E-state index in [0.29, 0.717) is 28.2 Å². The fourth-order valence-electron chi connectivity index (χ4n) is 4.83. The number of imidazole rings is 1. The summed E-state index contributed by atoms with van der Waals surface area (Å²) in [6.07, 6.45) is 7.33. The molecule has 0 bridgehead atoms. The van der Waals surface area contributed by atoms with Crippen LogP contribution >= 0.6 is 0 Å². The van der Waals surface area contributed by atoms with Crippen LogP contribution in [-0.2, 0) is 11.3 Å². The van der Waals surface area contributed by atoms with Crippen molar-refractivity contribution in [2.45, 2.75) is 38.3 Å². The fourth-order valence-corrected chi connectivity index (χ4v) is 4.83. The minimum Gasteiger partial charge on any atom is -0.492 e. The zero-order valence-electron chi connectivity index (χ0n) is 19.6. The molecule has 35 heavy (non-hydrogen) atoms. The van der Waals surface area contributed by atoms with E-state index in [2.05, 4.69) is 25.4 Å². The molecule has 5 aromatic rings. The Bertz CT molecular complexity index is 1550. The van der Waals surface area contributed by atoms with Gasteiger partial charge in [-0.3, -0.25) is 4.40 Å². The van der Waals surface area contributed by atoms with Crippen molar-refractivity contribution in [2.75, 3.05) is 14.2 Å². The lowest BCUT2D eigenvalue weighted by Crippen LogP contribution is -2.29. The van der Waals surface area contributed by atoms with Crippen molar-refractivity contribution in [1.82, 2.24) is 34.3 Å². The van der Waals surface area contributed by atoms with Crippen molar-refractivity contribution in [3.05, 3.63) is 54.6 Å². The second-order valence-corrected chi connectivity index (χ2v) is 8.70. The lowest BCUT2D eigenvalue weighted by Gasteiger charge is -2.32. The van der Waals surface area contributed by atoms with E-state index in [-0.39, 0.29) is 17.8 Å². The standard InChI is InChI=1S/C25H24FN7O2/c1-4-32-13-27-21-19(12-28-29-24(21)32)14-5-6-20(26)18(11-14)17-7-8-33-23(15-9-16(10-15)34-2)30-31-25(33)22(17)35-3/h5-8,11-13,15-16H,4,9-10H2,1-3H3. The quantitative estimate of drug-likeness (QED) is 0.364. The molecule has 4 heterocycles. The van der Waals surface area contributed by atoms with Gasteiger partial charge in [-0.05, 0) is 43.5 Å². The third kappa shape index (κ3) is 3.35. The third-order valence-electron chi connectivity index (χ3n) is 6.87. The molecule has 0 unspecified atom stereocenters. The molecule has 0 N–H and O–H groups in total. The SMILES string of the molecule is CCn1cnc2c(-c3ccc(F)c(-c4ccn5c(C6CC(OC)C6)nnc5c4OC)c3)cnnc21. The Balaban J connectivity index is 1.46. The highest BCUT2D eigenvalue weighted by molar-refractivity contribution is 5.91. The van der Waals surface area contributed by atoms with Gasteiger partial charge in [0.1, 0.15) is 17.2 Å². The molecule has 9 nitrogen and oxygen atoms in total. The smallest absolute Gasteiger partial charge is 0.203 e. The van der Waals surface area contributed by atoms with Crippen LogP contribution in [-0.4, -0.2) is 54.7 Å². The molecular formula is C25H24FN7O2. The molecule has 1 aliphatic rings. The predicted octanol–water partition coefficient (Wildman–Crippen LogP) is 4.26. The van der Waals surface area contributed by atoms with Crippen LogP contribution in [0.3, 0.4) is 0 Å². The summed E-state index contributed by atoms with van der Waals surface area (Å²) >= 11 is 0. The van der Waals surface area contributed by atoms with Crippen molar-refractivity contribution < 1.29 is 13.9 Å². The van der Waals surface area contributed by atoms with Crippen LogP contribution in [0.15, 0.2) is 43.0 Å². The number of aryl methyl sites for hydroxylation is 1. The number of methoxy groups -OCH3 is 2. The first-order valence-electron chi connectivity index (χ1n) is 11.5. The summed E-state index contributed by atoms with van der Waals surface area (Å²) < 4.78 is 30.2. The van der Waals surface area contributed by atoms with Crippen molar-refractivity contribution in [1.29, 1.82) is 0 Å². The van der Waals surface area contributed by atoms with Gasteiger partial charge in [0, 0.05) is 42.5 Å². The number of hydrogen-bond acceptors (Lipinski definition) is 7. The number of pyridine rings is 1. The molecule has 1 saturated carbocycles. The number of benzene rings is 1.